The Bertz CT molecular complexity index is 433. The molecule has 92 valence electrons. The molecule has 2 rings (SSSR count). The zero-order valence-electron chi connectivity index (χ0n) is 9.65. The van der Waals surface area contributed by atoms with Crippen molar-refractivity contribution in [3.8, 4) is 0 Å². The largest absolute Gasteiger partial charge is 0.310 e. The first-order valence-corrected chi connectivity index (χ1v) is 6.12. The molecule has 4 nitrogen and oxygen atoms in total. The molecule has 1 aromatic rings. The fourth-order valence-corrected chi connectivity index (χ4v) is 2.16. The first kappa shape index (κ1) is 12.3. The quantitative estimate of drug-likeness (QED) is 0.649. The molecular formula is C12H15ClN2O2. The van der Waals surface area contributed by atoms with Crippen LogP contribution in [0.25, 0.3) is 0 Å². The maximum atomic E-state index is 10.9. The van der Waals surface area contributed by atoms with Gasteiger partial charge in [-0.25, -0.2) is 0 Å². The van der Waals surface area contributed by atoms with Crippen LogP contribution in [0.4, 0.5) is 5.69 Å². The van der Waals surface area contributed by atoms with Crippen LogP contribution in [0.5, 0.6) is 0 Å². The van der Waals surface area contributed by atoms with Gasteiger partial charge in [0, 0.05) is 18.7 Å². The molecule has 1 unspecified atom stereocenters. The molecule has 0 radical (unpaired) electrons. The number of halogens is 1. The highest BCUT2D eigenvalue weighted by Crippen LogP contribution is 2.33. The Kier molecular flexibility index (Phi) is 3.64. The van der Waals surface area contributed by atoms with E-state index in [4.69, 9.17) is 11.6 Å². The van der Waals surface area contributed by atoms with E-state index in [1.165, 1.54) is 18.9 Å². The minimum atomic E-state index is -0.384. The van der Waals surface area contributed by atoms with Gasteiger partial charge in [-0.1, -0.05) is 17.7 Å². The van der Waals surface area contributed by atoms with E-state index in [0.717, 1.165) is 5.92 Å². The first-order chi connectivity index (χ1) is 8.09. The summed E-state index contributed by atoms with van der Waals surface area (Å²) >= 11 is 6.01. The lowest BCUT2D eigenvalue weighted by atomic mass is 10.1. The Balaban J connectivity index is 2.10. The third-order valence-electron chi connectivity index (χ3n) is 3.22. The Morgan fingerprint density at radius 1 is 1.59 bits per heavy atom. The monoisotopic (exact) mass is 254 g/mol. The highest BCUT2D eigenvalue weighted by molar-refractivity contribution is 6.31. The first-order valence-electron chi connectivity index (χ1n) is 5.74. The second kappa shape index (κ2) is 5.02. The third kappa shape index (κ3) is 2.96. The van der Waals surface area contributed by atoms with Crippen molar-refractivity contribution in [1.29, 1.82) is 0 Å². The van der Waals surface area contributed by atoms with Gasteiger partial charge < -0.3 is 5.32 Å². The van der Waals surface area contributed by atoms with Crippen molar-refractivity contribution in [2.45, 2.75) is 32.4 Å². The van der Waals surface area contributed by atoms with Gasteiger partial charge in [-0.15, -0.1) is 0 Å². The number of hydrogen-bond acceptors (Lipinski definition) is 3. The molecule has 1 aliphatic carbocycles. The van der Waals surface area contributed by atoms with Gasteiger partial charge in [-0.3, -0.25) is 10.1 Å². The molecule has 0 saturated heterocycles. The van der Waals surface area contributed by atoms with Gasteiger partial charge in [0.2, 0.25) is 0 Å². The molecule has 0 heterocycles. The number of rotatable bonds is 5. The topological polar surface area (TPSA) is 55.2 Å². The molecule has 1 aromatic carbocycles. The van der Waals surface area contributed by atoms with Crippen molar-refractivity contribution >= 4 is 17.3 Å². The molecule has 1 fully saturated rings. The van der Waals surface area contributed by atoms with Crippen LogP contribution >= 0.6 is 11.6 Å². The molecule has 0 amide bonds. The van der Waals surface area contributed by atoms with Crippen molar-refractivity contribution in [2.75, 3.05) is 0 Å². The summed E-state index contributed by atoms with van der Waals surface area (Å²) in [5.74, 6) is 0.719. The van der Waals surface area contributed by atoms with Gasteiger partial charge in [-0.05, 0) is 31.7 Å². The van der Waals surface area contributed by atoms with Crippen molar-refractivity contribution in [3.63, 3.8) is 0 Å². The summed E-state index contributed by atoms with van der Waals surface area (Å²) in [5, 5.41) is 14.6. The minimum absolute atomic E-state index is 0.0907. The average molecular weight is 255 g/mol. The van der Waals surface area contributed by atoms with Gasteiger partial charge in [-0.2, -0.15) is 0 Å². The maximum absolute atomic E-state index is 10.9. The Morgan fingerprint density at radius 2 is 2.29 bits per heavy atom. The normalized spacial score (nSPS) is 16.8. The summed E-state index contributed by atoms with van der Waals surface area (Å²) in [4.78, 5) is 10.5. The van der Waals surface area contributed by atoms with Gasteiger partial charge >= 0.3 is 0 Å². The molecule has 1 N–H and O–H groups in total. The predicted octanol–water partition coefficient (Wildman–Crippen LogP) is 3.14. The average Bonchev–Trinajstić information content (AvgIpc) is 3.10. The highest BCUT2D eigenvalue weighted by Gasteiger charge is 2.28. The van der Waals surface area contributed by atoms with Crippen LogP contribution in [-0.2, 0) is 6.54 Å². The van der Waals surface area contributed by atoms with E-state index in [0.29, 0.717) is 23.2 Å². The summed E-state index contributed by atoms with van der Waals surface area (Å²) in [6.07, 6.45) is 2.50. The molecule has 17 heavy (non-hydrogen) atoms. The Hall–Kier alpha value is -1.13. The van der Waals surface area contributed by atoms with E-state index in [9.17, 15) is 10.1 Å². The fraction of sp³-hybridized carbons (Fsp3) is 0.500. The van der Waals surface area contributed by atoms with Crippen molar-refractivity contribution < 1.29 is 4.92 Å². The van der Waals surface area contributed by atoms with Gasteiger partial charge in [0.15, 0.2) is 0 Å². The highest BCUT2D eigenvalue weighted by atomic mass is 35.5. The smallest absolute Gasteiger partial charge is 0.275 e. The maximum Gasteiger partial charge on any atom is 0.275 e. The molecule has 1 atom stereocenters. The number of nitrogens with one attached hydrogen (secondary N) is 1. The lowest BCUT2D eigenvalue weighted by molar-refractivity contribution is -0.385. The number of hydrogen-bond donors (Lipinski definition) is 1. The van der Waals surface area contributed by atoms with Crippen molar-refractivity contribution in [3.05, 3.63) is 38.9 Å². The van der Waals surface area contributed by atoms with Gasteiger partial charge in [0.1, 0.15) is 0 Å². The number of nitrogens with zero attached hydrogens (tertiary/aromatic N) is 1. The van der Waals surface area contributed by atoms with E-state index in [2.05, 4.69) is 12.2 Å². The SMILES string of the molecule is CC(NCc1c(Cl)cccc1[N+](=O)[O-])C1CC1. The summed E-state index contributed by atoms with van der Waals surface area (Å²) < 4.78 is 0. The van der Waals surface area contributed by atoms with Crippen LogP contribution in [0.2, 0.25) is 5.02 Å². The standard InChI is InChI=1S/C12H15ClN2O2/c1-8(9-5-6-9)14-7-10-11(13)3-2-4-12(10)15(16)17/h2-4,8-9,14H,5-7H2,1H3. The van der Waals surface area contributed by atoms with E-state index in [1.54, 1.807) is 12.1 Å². The van der Waals surface area contributed by atoms with Gasteiger partial charge in [0.05, 0.1) is 15.5 Å². The minimum Gasteiger partial charge on any atom is -0.310 e. The lowest BCUT2D eigenvalue weighted by Crippen LogP contribution is -2.27. The summed E-state index contributed by atoms with van der Waals surface area (Å²) in [6, 6.07) is 5.18. The van der Waals surface area contributed by atoms with Crippen LogP contribution in [0, 0.1) is 16.0 Å². The summed E-state index contributed by atoms with van der Waals surface area (Å²) in [6.45, 7) is 2.56. The fourth-order valence-electron chi connectivity index (χ4n) is 1.92. The zero-order chi connectivity index (χ0) is 12.4. The number of nitro groups is 1. The van der Waals surface area contributed by atoms with E-state index in [1.807, 2.05) is 0 Å². The molecule has 0 aliphatic heterocycles. The van der Waals surface area contributed by atoms with Crippen LogP contribution in [0.1, 0.15) is 25.3 Å². The van der Waals surface area contributed by atoms with Crippen LogP contribution in [0.3, 0.4) is 0 Å². The van der Waals surface area contributed by atoms with Crippen LogP contribution < -0.4 is 5.32 Å². The van der Waals surface area contributed by atoms with Crippen LogP contribution in [-0.4, -0.2) is 11.0 Å². The third-order valence-corrected chi connectivity index (χ3v) is 3.57. The number of nitro benzene ring substituents is 1. The summed E-state index contributed by atoms with van der Waals surface area (Å²) in [7, 11) is 0. The molecule has 5 heteroatoms. The van der Waals surface area contributed by atoms with Crippen molar-refractivity contribution in [2.24, 2.45) is 5.92 Å². The molecule has 0 aromatic heterocycles. The summed E-state index contributed by atoms with van der Waals surface area (Å²) in [5.41, 5.74) is 0.666. The Labute approximate surface area is 105 Å². The van der Waals surface area contributed by atoms with E-state index in [-0.39, 0.29) is 10.6 Å². The second-order valence-electron chi connectivity index (χ2n) is 4.50. The zero-order valence-corrected chi connectivity index (χ0v) is 10.4. The van der Waals surface area contributed by atoms with Crippen molar-refractivity contribution in [1.82, 2.24) is 5.32 Å². The van der Waals surface area contributed by atoms with E-state index >= 15 is 0 Å². The second-order valence-corrected chi connectivity index (χ2v) is 4.91. The molecule has 1 aliphatic rings. The van der Waals surface area contributed by atoms with Gasteiger partial charge in [0.25, 0.3) is 5.69 Å². The molecule has 0 spiro atoms. The van der Waals surface area contributed by atoms with Crippen LogP contribution in [0.15, 0.2) is 18.2 Å². The molecular weight excluding hydrogens is 240 g/mol. The predicted molar refractivity (Wildman–Crippen MR) is 67.1 cm³/mol. The molecule has 1 saturated carbocycles. The number of benzene rings is 1. The lowest BCUT2D eigenvalue weighted by Gasteiger charge is -2.13. The van der Waals surface area contributed by atoms with E-state index < -0.39 is 0 Å². The Morgan fingerprint density at radius 3 is 2.88 bits per heavy atom. The molecule has 0 bridgehead atoms.